The molecular formula is C16H20N2O3. The van der Waals surface area contributed by atoms with Gasteiger partial charge in [-0.1, -0.05) is 0 Å². The molecule has 5 nitrogen and oxygen atoms in total. The molecule has 0 saturated heterocycles. The number of rotatable bonds is 6. The van der Waals surface area contributed by atoms with Crippen LogP contribution in [0.4, 0.5) is 11.4 Å². The van der Waals surface area contributed by atoms with Gasteiger partial charge in [-0.05, 0) is 37.3 Å². The van der Waals surface area contributed by atoms with E-state index in [1.54, 1.807) is 13.4 Å². The highest BCUT2D eigenvalue weighted by atomic mass is 16.5. The summed E-state index contributed by atoms with van der Waals surface area (Å²) in [6, 6.07) is 9.48. The fraction of sp³-hybridized carbons (Fsp3) is 0.312. The molecule has 1 amide bonds. The van der Waals surface area contributed by atoms with Crippen LogP contribution in [0.25, 0.3) is 0 Å². The van der Waals surface area contributed by atoms with Gasteiger partial charge in [0.1, 0.15) is 11.5 Å². The summed E-state index contributed by atoms with van der Waals surface area (Å²) in [5.41, 5.74) is 1.57. The van der Waals surface area contributed by atoms with Gasteiger partial charge in [0.2, 0.25) is 5.91 Å². The quantitative estimate of drug-likeness (QED) is 0.856. The Bertz CT molecular complexity index is 594. The van der Waals surface area contributed by atoms with Crippen LogP contribution in [0, 0.1) is 0 Å². The van der Waals surface area contributed by atoms with E-state index in [-0.39, 0.29) is 11.9 Å². The van der Waals surface area contributed by atoms with Crippen molar-refractivity contribution >= 4 is 17.3 Å². The van der Waals surface area contributed by atoms with E-state index in [1.165, 1.54) is 6.92 Å². The molecule has 5 heteroatoms. The van der Waals surface area contributed by atoms with E-state index in [1.807, 2.05) is 30.3 Å². The summed E-state index contributed by atoms with van der Waals surface area (Å²) in [6.07, 6.45) is 2.43. The molecule has 1 aromatic heterocycles. The number of ether oxygens (including phenoxy) is 1. The number of benzene rings is 1. The first kappa shape index (κ1) is 15.0. The van der Waals surface area contributed by atoms with Crippen molar-refractivity contribution in [1.29, 1.82) is 0 Å². The first-order valence-electron chi connectivity index (χ1n) is 6.83. The molecule has 0 fully saturated rings. The van der Waals surface area contributed by atoms with E-state index in [0.717, 1.165) is 29.3 Å². The van der Waals surface area contributed by atoms with Crippen molar-refractivity contribution in [3.8, 4) is 5.75 Å². The normalized spacial score (nSPS) is 11.8. The highest BCUT2D eigenvalue weighted by Crippen LogP contribution is 2.28. The van der Waals surface area contributed by atoms with Crippen LogP contribution in [0.5, 0.6) is 5.75 Å². The Labute approximate surface area is 124 Å². The molecule has 0 radical (unpaired) electrons. The Hall–Kier alpha value is -2.43. The van der Waals surface area contributed by atoms with E-state index in [4.69, 9.17) is 9.15 Å². The van der Waals surface area contributed by atoms with Crippen LogP contribution in [-0.2, 0) is 11.2 Å². The monoisotopic (exact) mass is 288 g/mol. The van der Waals surface area contributed by atoms with Crippen molar-refractivity contribution < 1.29 is 13.9 Å². The van der Waals surface area contributed by atoms with E-state index in [9.17, 15) is 4.79 Å². The minimum absolute atomic E-state index is 0.102. The molecule has 1 unspecified atom stereocenters. The van der Waals surface area contributed by atoms with Gasteiger partial charge in [0.05, 0.1) is 19.1 Å². The second kappa shape index (κ2) is 6.83. The molecular weight excluding hydrogens is 268 g/mol. The van der Waals surface area contributed by atoms with Gasteiger partial charge < -0.3 is 19.8 Å². The van der Waals surface area contributed by atoms with Crippen molar-refractivity contribution in [2.24, 2.45) is 0 Å². The molecule has 2 aromatic rings. The van der Waals surface area contributed by atoms with Gasteiger partial charge in [-0.3, -0.25) is 4.79 Å². The number of methoxy groups -OCH3 is 1. The van der Waals surface area contributed by atoms with Crippen molar-refractivity contribution in [2.75, 3.05) is 17.7 Å². The lowest BCUT2D eigenvalue weighted by molar-refractivity contribution is -0.114. The highest BCUT2D eigenvalue weighted by molar-refractivity contribution is 5.89. The number of hydrogen-bond donors (Lipinski definition) is 2. The molecule has 0 spiro atoms. The third kappa shape index (κ3) is 4.27. The zero-order valence-electron chi connectivity index (χ0n) is 12.5. The Morgan fingerprint density at radius 3 is 2.81 bits per heavy atom. The topological polar surface area (TPSA) is 63.5 Å². The molecule has 21 heavy (non-hydrogen) atoms. The number of amides is 1. The van der Waals surface area contributed by atoms with Crippen LogP contribution < -0.4 is 15.4 Å². The Morgan fingerprint density at radius 2 is 2.19 bits per heavy atom. The molecule has 112 valence electrons. The molecule has 2 N–H and O–H groups in total. The molecule has 0 aliphatic carbocycles. The number of anilines is 2. The average Bonchev–Trinajstić information content (AvgIpc) is 2.91. The maximum atomic E-state index is 11.1. The Morgan fingerprint density at radius 1 is 1.38 bits per heavy atom. The summed E-state index contributed by atoms with van der Waals surface area (Å²) in [5.74, 6) is 1.55. The lowest BCUT2D eigenvalue weighted by Crippen LogP contribution is -2.18. The molecule has 1 aromatic carbocycles. The maximum absolute atomic E-state index is 11.1. The predicted octanol–water partition coefficient (Wildman–Crippen LogP) is 3.29. The van der Waals surface area contributed by atoms with Gasteiger partial charge in [-0.15, -0.1) is 0 Å². The summed E-state index contributed by atoms with van der Waals surface area (Å²) in [6.45, 7) is 3.55. The van der Waals surface area contributed by atoms with Crippen LogP contribution in [0.15, 0.2) is 41.0 Å². The number of nitrogens with one attached hydrogen (secondary N) is 2. The second-order valence-electron chi connectivity index (χ2n) is 4.93. The summed E-state index contributed by atoms with van der Waals surface area (Å²) in [5, 5.41) is 6.14. The van der Waals surface area contributed by atoms with E-state index in [0.29, 0.717) is 0 Å². The fourth-order valence-corrected chi connectivity index (χ4v) is 2.15. The van der Waals surface area contributed by atoms with Crippen LogP contribution in [0.1, 0.15) is 19.6 Å². The van der Waals surface area contributed by atoms with Gasteiger partial charge in [0.25, 0.3) is 0 Å². The summed E-state index contributed by atoms with van der Waals surface area (Å²) in [4.78, 5) is 11.1. The van der Waals surface area contributed by atoms with E-state index >= 15 is 0 Å². The van der Waals surface area contributed by atoms with Crippen LogP contribution >= 0.6 is 0 Å². The predicted molar refractivity (Wildman–Crippen MR) is 82.8 cm³/mol. The van der Waals surface area contributed by atoms with Gasteiger partial charge in [0.15, 0.2) is 0 Å². The SMILES string of the molecule is COc1ccc(NC(C)=O)cc1NC(C)Cc1ccco1. The summed E-state index contributed by atoms with van der Waals surface area (Å²) < 4.78 is 10.7. The van der Waals surface area contributed by atoms with Crippen molar-refractivity contribution in [3.63, 3.8) is 0 Å². The maximum Gasteiger partial charge on any atom is 0.221 e. The molecule has 2 rings (SSSR count). The smallest absolute Gasteiger partial charge is 0.221 e. The fourth-order valence-electron chi connectivity index (χ4n) is 2.15. The number of hydrogen-bond acceptors (Lipinski definition) is 4. The molecule has 0 aliphatic heterocycles. The average molecular weight is 288 g/mol. The third-order valence-corrected chi connectivity index (χ3v) is 3.01. The number of furan rings is 1. The molecule has 0 saturated carbocycles. The minimum atomic E-state index is -0.102. The largest absolute Gasteiger partial charge is 0.495 e. The zero-order valence-corrected chi connectivity index (χ0v) is 12.5. The standard InChI is InChI=1S/C16H20N2O3/c1-11(9-14-5-4-8-21-14)17-15-10-13(18-12(2)19)6-7-16(15)20-3/h4-8,10-11,17H,9H2,1-3H3,(H,18,19). The zero-order chi connectivity index (χ0) is 15.2. The first-order valence-corrected chi connectivity index (χ1v) is 6.83. The van der Waals surface area contributed by atoms with E-state index in [2.05, 4.69) is 17.6 Å². The molecule has 0 aliphatic rings. The van der Waals surface area contributed by atoms with Crippen LogP contribution in [-0.4, -0.2) is 19.1 Å². The summed E-state index contributed by atoms with van der Waals surface area (Å²) >= 11 is 0. The van der Waals surface area contributed by atoms with Gasteiger partial charge in [0, 0.05) is 25.1 Å². The van der Waals surface area contributed by atoms with E-state index < -0.39 is 0 Å². The third-order valence-electron chi connectivity index (χ3n) is 3.01. The first-order chi connectivity index (χ1) is 10.1. The van der Waals surface area contributed by atoms with Crippen LogP contribution in [0.3, 0.4) is 0 Å². The summed E-state index contributed by atoms with van der Waals surface area (Å²) in [7, 11) is 1.62. The molecule has 1 atom stereocenters. The van der Waals surface area contributed by atoms with Crippen molar-refractivity contribution in [1.82, 2.24) is 0 Å². The van der Waals surface area contributed by atoms with Gasteiger partial charge in [-0.2, -0.15) is 0 Å². The lowest BCUT2D eigenvalue weighted by Gasteiger charge is -2.17. The molecule has 1 heterocycles. The van der Waals surface area contributed by atoms with Crippen molar-refractivity contribution in [2.45, 2.75) is 26.3 Å². The van der Waals surface area contributed by atoms with Crippen LogP contribution in [0.2, 0.25) is 0 Å². The number of carbonyl (C=O) groups excluding carboxylic acids is 1. The molecule has 0 bridgehead atoms. The lowest BCUT2D eigenvalue weighted by atomic mass is 10.1. The van der Waals surface area contributed by atoms with Gasteiger partial charge in [-0.25, -0.2) is 0 Å². The second-order valence-corrected chi connectivity index (χ2v) is 4.93. The Kier molecular flexibility index (Phi) is 4.87. The number of carbonyl (C=O) groups is 1. The minimum Gasteiger partial charge on any atom is -0.495 e. The van der Waals surface area contributed by atoms with Gasteiger partial charge >= 0.3 is 0 Å². The highest BCUT2D eigenvalue weighted by Gasteiger charge is 2.10. The van der Waals surface area contributed by atoms with Crippen molar-refractivity contribution in [3.05, 3.63) is 42.4 Å². The Balaban J connectivity index is 2.10.